The standard InChI is InChI=1S/C10H17F3N2O4S/c1-2-6-20(17,18)15-5-3-4-8(15)9(16)14-19-7-10(11,12)13/h8H,2-7H2,1H3,(H,14,16). The van der Waals surface area contributed by atoms with Crippen molar-refractivity contribution < 1.29 is 31.2 Å². The van der Waals surface area contributed by atoms with Crippen LogP contribution in [0.15, 0.2) is 0 Å². The lowest BCUT2D eigenvalue weighted by molar-refractivity contribution is -0.192. The first-order chi connectivity index (χ1) is 9.17. The SMILES string of the molecule is CCCS(=O)(=O)N1CCCC1C(=O)NOCC(F)(F)F. The lowest BCUT2D eigenvalue weighted by atomic mass is 10.2. The zero-order chi connectivity index (χ0) is 15.4. The molecule has 1 unspecified atom stereocenters. The number of amides is 1. The normalized spacial score (nSPS) is 21.1. The van der Waals surface area contributed by atoms with E-state index in [1.807, 2.05) is 0 Å². The van der Waals surface area contributed by atoms with Crippen LogP contribution in [-0.2, 0) is 19.7 Å². The van der Waals surface area contributed by atoms with Gasteiger partial charge in [0.1, 0.15) is 6.04 Å². The van der Waals surface area contributed by atoms with E-state index in [0.29, 0.717) is 12.8 Å². The minimum absolute atomic E-state index is 0.0970. The van der Waals surface area contributed by atoms with Crippen LogP contribution in [0.3, 0.4) is 0 Å². The highest BCUT2D eigenvalue weighted by atomic mass is 32.2. The van der Waals surface area contributed by atoms with Crippen molar-refractivity contribution in [2.75, 3.05) is 18.9 Å². The van der Waals surface area contributed by atoms with Crippen LogP contribution in [0.4, 0.5) is 13.2 Å². The van der Waals surface area contributed by atoms with E-state index >= 15 is 0 Å². The Kier molecular flexibility index (Phi) is 5.78. The van der Waals surface area contributed by atoms with Crippen molar-refractivity contribution in [2.24, 2.45) is 0 Å². The third kappa shape index (κ3) is 4.91. The summed E-state index contributed by atoms with van der Waals surface area (Å²) in [6, 6.07) is -1.00. The molecule has 1 heterocycles. The van der Waals surface area contributed by atoms with E-state index in [1.54, 1.807) is 12.4 Å². The molecule has 0 saturated carbocycles. The Morgan fingerprint density at radius 2 is 2.10 bits per heavy atom. The van der Waals surface area contributed by atoms with Crippen LogP contribution < -0.4 is 5.48 Å². The number of hydrogen-bond donors (Lipinski definition) is 1. The van der Waals surface area contributed by atoms with E-state index in [1.165, 1.54) is 0 Å². The molecule has 1 aliphatic rings. The number of nitrogens with zero attached hydrogens (tertiary/aromatic N) is 1. The van der Waals surface area contributed by atoms with Crippen molar-refractivity contribution in [2.45, 2.75) is 38.4 Å². The first-order valence-electron chi connectivity index (χ1n) is 6.15. The van der Waals surface area contributed by atoms with Gasteiger partial charge in [-0.2, -0.15) is 17.5 Å². The van der Waals surface area contributed by atoms with Crippen molar-refractivity contribution in [3.8, 4) is 0 Å². The summed E-state index contributed by atoms with van der Waals surface area (Å²) in [5.74, 6) is -0.966. The molecule has 1 amide bonds. The number of sulfonamides is 1. The average Bonchev–Trinajstić information content (AvgIpc) is 2.76. The van der Waals surface area contributed by atoms with Gasteiger partial charge in [-0.25, -0.2) is 13.9 Å². The van der Waals surface area contributed by atoms with Gasteiger partial charge in [0, 0.05) is 6.54 Å². The predicted octanol–water partition coefficient (Wildman–Crippen LogP) is 0.801. The summed E-state index contributed by atoms with van der Waals surface area (Å²) >= 11 is 0. The molecule has 20 heavy (non-hydrogen) atoms. The number of alkyl halides is 3. The van der Waals surface area contributed by atoms with Gasteiger partial charge in [0.15, 0.2) is 6.61 Å². The van der Waals surface area contributed by atoms with Crippen LogP contribution in [0.1, 0.15) is 26.2 Å². The largest absolute Gasteiger partial charge is 0.414 e. The molecule has 0 aromatic heterocycles. The molecular weight excluding hydrogens is 301 g/mol. The average molecular weight is 318 g/mol. The summed E-state index contributed by atoms with van der Waals surface area (Å²) in [5.41, 5.74) is 1.66. The molecule has 0 spiro atoms. The van der Waals surface area contributed by atoms with Crippen LogP contribution in [0.25, 0.3) is 0 Å². The second-order valence-electron chi connectivity index (χ2n) is 4.45. The second kappa shape index (κ2) is 6.72. The number of rotatable bonds is 6. The molecule has 1 N–H and O–H groups in total. The molecule has 1 saturated heterocycles. The highest BCUT2D eigenvalue weighted by molar-refractivity contribution is 7.89. The maximum absolute atomic E-state index is 11.9. The lowest BCUT2D eigenvalue weighted by Crippen LogP contribution is -2.47. The lowest BCUT2D eigenvalue weighted by Gasteiger charge is -2.22. The van der Waals surface area contributed by atoms with Crippen molar-refractivity contribution in [3.05, 3.63) is 0 Å². The van der Waals surface area contributed by atoms with Gasteiger partial charge in [-0.15, -0.1) is 0 Å². The van der Waals surface area contributed by atoms with Gasteiger partial charge in [-0.05, 0) is 19.3 Å². The maximum atomic E-state index is 11.9. The summed E-state index contributed by atoms with van der Waals surface area (Å²) in [4.78, 5) is 15.7. The molecule has 1 aliphatic heterocycles. The van der Waals surface area contributed by atoms with Gasteiger partial charge in [-0.3, -0.25) is 9.63 Å². The third-order valence-electron chi connectivity index (χ3n) is 2.73. The molecule has 0 aromatic rings. The van der Waals surface area contributed by atoms with Crippen molar-refractivity contribution in [1.82, 2.24) is 9.79 Å². The quantitative estimate of drug-likeness (QED) is 0.735. The minimum Gasteiger partial charge on any atom is -0.271 e. The summed E-state index contributed by atoms with van der Waals surface area (Å²) in [7, 11) is -3.56. The summed E-state index contributed by atoms with van der Waals surface area (Å²) in [5, 5.41) is 0. The Hall–Kier alpha value is -0.870. The number of hydroxylamine groups is 1. The number of nitrogens with one attached hydrogen (secondary N) is 1. The van der Waals surface area contributed by atoms with Gasteiger partial charge in [-0.1, -0.05) is 6.92 Å². The van der Waals surface area contributed by atoms with Crippen LogP contribution in [0.2, 0.25) is 0 Å². The fourth-order valence-corrected chi connectivity index (χ4v) is 3.71. The number of hydrogen-bond acceptors (Lipinski definition) is 4. The highest BCUT2D eigenvalue weighted by Crippen LogP contribution is 2.22. The van der Waals surface area contributed by atoms with Crippen LogP contribution in [0.5, 0.6) is 0 Å². The van der Waals surface area contributed by atoms with Crippen LogP contribution >= 0.6 is 0 Å². The van der Waals surface area contributed by atoms with Crippen LogP contribution in [-0.4, -0.2) is 49.8 Å². The summed E-state index contributed by atoms with van der Waals surface area (Å²) < 4.78 is 60.4. The second-order valence-corrected chi connectivity index (χ2v) is 6.50. The third-order valence-corrected chi connectivity index (χ3v) is 4.81. The van der Waals surface area contributed by atoms with Gasteiger partial charge in [0.2, 0.25) is 10.0 Å². The van der Waals surface area contributed by atoms with Crippen LogP contribution in [0, 0.1) is 0 Å². The molecule has 1 rings (SSSR count). The summed E-state index contributed by atoms with van der Waals surface area (Å²) in [6.45, 7) is 0.266. The topological polar surface area (TPSA) is 75.7 Å². The predicted molar refractivity (Wildman–Crippen MR) is 64.0 cm³/mol. The molecule has 0 radical (unpaired) electrons. The van der Waals surface area contributed by atoms with Crippen molar-refractivity contribution >= 4 is 15.9 Å². The Balaban J connectivity index is 2.59. The molecular formula is C10H17F3N2O4S. The molecule has 6 nitrogen and oxygen atoms in total. The summed E-state index contributed by atoms with van der Waals surface area (Å²) in [6.07, 6.45) is -3.40. The zero-order valence-electron chi connectivity index (χ0n) is 10.9. The minimum atomic E-state index is -4.56. The molecule has 1 atom stereocenters. The highest BCUT2D eigenvalue weighted by Gasteiger charge is 2.38. The van der Waals surface area contributed by atoms with E-state index < -0.39 is 34.8 Å². The Morgan fingerprint density at radius 1 is 1.45 bits per heavy atom. The maximum Gasteiger partial charge on any atom is 0.414 e. The van der Waals surface area contributed by atoms with Gasteiger partial charge >= 0.3 is 6.18 Å². The first kappa shape index (κ1) is 17.2. The Bertz CT molecular complexity index is 438. The Morgan fingerprint density at radius 3 is 2.65 bits per heavy atom. The molecule has 0 aromatic carbocycles. The van der Waals surface area contributed by atoms with E-state index in [9.17, 15) is 26.4 Å². The number of halogens is 3. The fraction of sp³-hybridized carbons (Fsp3) is 0.900. The van der Waals surface area contributed by atoms with E-state index in [0.717, 1.165) is 4.31 Å². The molecule has 10 heteroatoms. The fourth-order valence-electron chi connectivity index (χ4n) is 1.97. The van der Waals surface area contributed by atoms with Gasteiger partial charge < -0.3 is 0 Å². The van der Waals surface area contributed by atoms with E-state index in [4.69, 9.17) is 0 Å². The zero-order valence-corrected chi connectivity index (χ0v) is 11.8. The van der Waals surface area contributed by atoms with Crippen molar-refractivity contribution in [3.63, 3.8) is 0 Å². The molecule has 0 aliphatic carbocycles. The monoisotopic (exact) mass is 318 g/mol. The Labute approximate surface area is 115 Å². The molecule has 1 fully saturated rings. The molecule has 0 bridgehead atoms. The molecule has 118 valence electrons. The number of carbonyl (C=O) groups excluding carboxylic acids is 1. The van der Waals surface area contributed by atoms with E-state index in [-0.39, 0.29) is 18.7 Å². The van der Waals surface area contributed by atoms with Crippen molar-refractivity contribution in [1.29, 1.82) is 0 Å². The van der Waals surface area contributed by atoms with E-state index in [2.05, 4.69) is 4.84 Å². The van der Waals surface area contributed by atoms with Gasteiger partial charge in [0.25, 0.3) is 5.91 Å². The van der Waals surface area contributed by atoms with Gasteiger partial charge in [0.05, 0.1) is 5.75 Å². The smallest absolute Gasteiger partial charge is 0.271 e. The number of carbonyl (C=O) groups is 1. The first-order valence-corrected chi connectivity index (χ1v) is 7.76.